The van der Waals surface area contributed by atoms with E-state index >= 15 is 0 Å². The Morgan fingerprint density at radius 1 is 0.918 bits per heavy atom. The van der Waals surface area contributed by atoms with E-state index in [0.29, 0.717) is 23.6 Å². The summed E-state index contributed by atoms with van der Waals surface area (Å²) in [4.78, 5) is 73.4. The molecule has 0 bridgehead atoms. The number of carbonyl (C=O) groups is 5. The number of rotatable bonds is 21. The average Bonchev–Trinajstić information content (AvgIpc) is 3.77. The Morgan fingerprint density at radius 3 is 1.97 bits per heavy atom. The highest BCUT2D eigenvalue weighted by Gasteiger charge is 2.60. The fraction of sp³-hybridized carbons (Fsp3) is 0.738. The first kappa shape index (κ1) is 51.5. The number of methoxy groups -OCH3 is 2. The number of nitrogens with zero attached hydrogens (tertiary/aromatic N) is 4. The fourth-order valence-corrected chi connectivity index (χ4v) is 10.4. The number of likely N-dealkylation sites (tertiary alicyclic amines) is 1. The van der Waals surface area contributed by atoms with Crippen molar-refractivity contribution in [3.8, 4) is 0 Å². The minimum Gasteiger partial charge on any atom is -0.379 e. The molecule has 0 spiro atoms. The number of likely N-dealkylation sites (N-methyl/N-ethyl adjacent to an activating group) is 2. The van der Waals surface area contributed by atoms with Crippen molar-refractivity contribution in [2.24, 2.45) is 23.7 Å². The Hall–Kier alpha value is -3.81. The van der Waals surface area contributed by atoms with Crippen LogP contribution in [0.15, 0.2) is 35.2 Å². The number of hydrogen-bond acceptors (Lipinski definition) is 10. The topological polar surface area (TPSA) is 175 Å². The van der Waals surface area contributed by atoms with Gasteiger partial charge in [-0.05, 0) is 69.7 Å². The molecule has 2 N–H and O–H groups in total. The maximum atomic E-state index is 14.5. The molecule has 1 heterocycles. The molecule has 0 aromatic heterocycles. The van der Waals surface area contributed by atoms with Crippen LogP contribution in [0.1, 0.15) is 87.0 Å². The SMILES string of the molecule is CC[C@H](C)[C@@H]([C@H](CC(=O)N1CCC[C@H]1[C@H](OC)[C@@H](C)C(=O)N(C1(NC(=O)C(F)(F)F)CC1)S(=O)(=O)c1ccccc1)OC)N(C)C(=O)[C@@H](NC(=O)[C@H](C(C)C)N(C)C)C(C)C. The maximum absolute atomic E-state index is 14.5. The van der Waals surface area contributed by atoms with Crippen LogP contribution in [0.3, 0.4) is 0 Å². The van der Waals surface area contributed by atoms with Crippen LogP contribution in [0.25, 0.3) is 0 Å². The predicted octanol–water partition coefficient (Wildman–Crippen LogP) is 4.02. The fourth-order valence-electron chi connectivity index (χ4n) is 8.62. The molecule has 0 unspecified atom stereocenters. The zero-order chi connectivity index (χ0) is 46.4. The molecule has 0 radical (unpaired) electrons. The highest BCUT2D eigenvalue weighted by atomic mass is 32.2. The van der Waals surface area contributed by atoms with Crippen LogP contribution in [0.4, 0.5) is 13.2 Å². The minimum absolute atomic E-state index is 0.0253. The molecule has 19 heteroatoms. The van der Waals surface area contributed by atoms with E-state index in [1.807, 2.05) is 41.5 Å². The first-order chi connectivity index (χ1) is 28.3. The number of alkyl halides is 3. The van der Waals surface area contributed by atoms with Gasteiger partial charge in [0.1, 0.15) is 11.7 Å². The lowest BCUT2D eigenvalue weighted by Crippen LogP contribution is -2.61. The molecule has 8 atom stereocenters. The lowest BCUT2D eigenvalue weighted by Gasteiger charge is -2.41. The summed E-state index contributed by atoms with van der Waals surface area (Å²) in [5.74, 6) is -6.30. The smallest absolute Gasteiger partial charge is 0.379 e. The summed E-state index contributed by atoms with van der Waals surface area (Å²) in [5, 5.41) is 4.74. The molecule has 1 saturated carbocycles. The van der Waals surface area contributed by atoms with Gasteiger partial charge in [0, 0.05) is 27.8 Å². The standard InChI is InChI=1S/C42H67F3N6O9S/c1-13-27(6)35(49(10)39(55)33(25(2)3)46-37(53)34(26(4)5)48(8)9)31(59-11)24-32(52)50-23-17-20-30(50)36(60-12)28(7)38(54)51(61(57,58)29-18-15-14-16-19-29)41(21-22-41)47-40(56)42(43,44)45/h14-16,18-19,25-28,30-31,33-36H,13,17,20-24H2,1-12H3,(H,46,53)(H,47,56)/t27-,28+,30-,31-,33-,34-,35-,36+/m0/s1. The van der Waals surface area contributed by atoms with Crippen LogP contribution in [0.5, 0.6) is 0 Å². The molecule has 61 heavy (non-hydrogen) atoms. The van der Waals surface area contributed by atoms with E-state index in [1.165, 1.54) is 56.4 Å². The van der Waals surface area contributed by atoms with Gasteiger partial charge in [-0.2, -0.15) is 13.2 Å². The van der Waals surface area contributed by atoms with Crippen LogP contribution >= 0.6 is 0 Å². The number of amides is 5. The van der Waals surface area contributed by atoms with Crippen molar-refractivity contribution in [3.05, 3.63) is 30.3 Å². The van der Waals surface area contributed by atoms with Gasteiger partial charge in [-0.15, -0.1) is 0 Å². The second-order valence-corrected chi connectivity index (χ2v) is 19.2. The lowest BCUT2D eigenvalue weighted by atomic mass is 9.89. The molecule has 1 aliphatic carbocycles. The van der Waals surface area contributed by atoms with Gasteiger partial charge in [0.15, 0.2) is 0 Å². The van der Waals surface area contributed by atoms with Crippen molar-refractivity contribution in [2.75, 3.05) is 41.9 Å². The Morgan fingerprint density at radius 2 is 1.51 bits per heavy atom. The van der Waals surface area contributed by atoms with Crippen LogP contribution in [0.2, 0.25) is 0 Å². The first-order valence-corrected chi connectivity index (χ1v) is 22.4. The second kappa shape index (κ2) is 21.0. The van der Waals surface area contributed by atoms with Gasteiger partial charge in [0.05, 0.1) is 47.6 Å². The summed E-state index contributed by atoms with van der Waals surface area (Å²) < 4.78 is 80.9. The quantitative estimate of drug-likeness (QED) is 0.172. The van der Waals surface area contributed by atoms with Gasteiger partial charge in [-0.3, -0.25) is 28.9 Å². The van der Waals surface area contributed by atoms with Gasteiger partial charge in [-0.25, -0.2) is 12.7 Å². The third-order valence-electron chi connectivity index (χ3n) is 12.1. The normalized spacial score (nSPS) is 20.0. The number of nitrogens with one attached hydrogen (secondary N) is 2. The van der Waals surface area contributed by atoms with E-state index in [1.54, 1.807) is 36.3 Å². The third-order valence-corrected chi connectivity index (χ3v) is 14.0. The van der Waals surface area contributed by atoms with Gasteiger partial charge in [-0.1, -0.05) is 73.1 Å². The molecular weight excluding hydrogens is 822 g/mol. The van der Waals surface area contributed by atoms with Gasteiger partial charge in [0.25, 0.3) is 10.0 Å². The summed E-state index contributed by atoms with van der Waals surface area (Å²) in [6, 6.07) is 4.00. The molecule has 15 nitrogen and oxygen atoms in total. The molecule has 2 fully saturated rings. The first-order valence-electron chi connectivity index (χ1n) is 20.9. The van der Waals surface area contributed by atoms with Gasteiger partial charge < -0.3 is 29.9 Å². The third kappa shape index (κ3) is 11.8. The van der Waals surface area contributed by atoms with E-state index in [0.717, 1.165) is 0 Å². The van der Waals surface area contributed by atoms with E-state index in [-0.39, 0.29) is 66.2 Å². The molecule has 5 amide bonds. The highest BCUT2D eigenvalue weighted by Crippen LogP contribution is 2.45. The summed E-state index contributed by atoms with van der Waals surface area (Å²) in [6.07, 6.45) is -6.50. The number of halogens is 3. The van der Waals surface area contributed by atoms with Gasteiger partial charge in [0.2, 0.25) is 23.6 Å². The number of benzene rings is 1. The Bertz CT molecular complexity index is 1790. The van der Waals surface area contributed by atoms with Crippen LogP contribution in [-0.2, 0) is 43.5 Å². The molecule has 1 saturated heterocycles. The zero-order valence-corrected chi connectivity index (χ0v) is 38.4. The molecule has 3 rings (SSSR count). The largest absolute Gasteiger partial charge is 0.471 e. The van der Waals surface area contributed by atoms with Crippen molar-refractivity contribution in [1.29, 1.82) is 0 Å². The summed E-state index contributed by atoms with van der Waals surface area (Å²) in [7, 11) is 3.17. The summed E-state index contributed by atoms with van der Waals surface area (Å²) in [6.45, 7) is 13.1. The highest BCUT2D eigenvalue weighted by molar-refractivity contribution is 7.89. The number of hydrogen-bond donors (Lipinski definition) is 2. The second-order valence-electron chi connectivity index (χ2n) is 17.4. The maximum Gasteiger partial charge on any atom is 0.471 e. The molecule has 2 aliphatic rings. The molecule has 1 aliphatic heterocycles. The van der Waals surface area contributed by atoms with Crippen molar-refractivity contribution >= 4 is 39.6 Å². The lowest BCUT2D eigenvalue weighted by molar-refractivity contribution is -0.176. The average molecular weight is 889 g/mol. The molecular formula is C42H67F3N6O9S. The van der Waals surface area contributed by atoms with E-state index in [2.05, 4.69) is 5.32 Å². The van der Waals surface area contributed by atoms with Crippen LogP contribution in [0, 0.1) is 23.7 Å². The van der Waals surface area contributed by atoms with Crippen LogP contribution < -0.4 is 10.6 Å². The minimum atomic E-state index is -5.35. The predicted molar refractivity (Wildman–Crippen MR) is 222 cm³/mol. The van der Waals surface area contributed by atoms with Gasteiger partial charge >= 0.3 is 12.1 Å². The molecule has 1 aromatic rings. The van der Waals surface area contributed by atoms with E-state index in [9.17, 15) is 45.6 Å². The molecule has 346 valence electrons. The van der Waals surface area contributed by atoms with E-state index < -0.39 is 76.0 Å². The number of sulfonamides is 1. The summed E-state index contributed by atoms with van der Waals surface area (Å²) in [5.41, 5.74) is -2.17. The Balaban J connectivity index is 1.94. The Labute approximate surface area is 359 Å². The van der Waals surface area contributed by atoms with Crippen molar-refractivity contribution in [1.82, 2.24) is 29.6 Å². The van der Waals surface area contributed by atoms with Crippen molar-refractivity contribution < 1.29 is 55.0 Å². The van der Waals surface area contributed by atoms with E-state index in [4.69, 9.17) is 9.47 Å². The van der Waals surface area contributed by atoms with Crippen molar-refractivity contribution in [2.45, 2.75) is 140 Å². The van der Waals surface area contributed by atoms with Crippen LogP contribution in [-0.4, -0.2) is 147 Å². The number of ether oxygens (including phenoxy) is 2. The monoisotopic (exact) mass is 888 g/mol. The summed E-state index contributed by atoms with van der Waals surface area (Å²) >= 11 is 0. The molecule has 1 aromatic carbocycles. The van der Waals surface area contributed by atoms with Crippen molar-refractivity contribution in [3.63, 3.8) is 0 Å². The zero-order valence-electron chi connectivity index (χ0n) is 37.6. The number of carbonyl (C=O) groups excluding carboxylic acids is 5. The Kier molecular flexibility index (Phi) is 17.8.